The van der Waals surface area contributed by atoms with E-state index in [-0.39, 0.29) is 41.7 Å². The summed E-state index contributed by atoms with van der Waals surface area (Å²) in [5, 5.41) is 18.9. The van der Waals surface area contributed by atoms with Crippen molar-refractivity contribution in [1.82, 2.24) is 34.9 Å². The van der Waals surface area contributed by atoms with Crippen molar-refractivity contribution in [2.24, 2.45) is 25.9 Å². The number of hydrogen-bond donors (Lipinski definition) is 4. The fraction of sp³-hybridized carbons (Fsp3) is 0.395. The number of imide groups is 1. The van der Waals surface area contributed by atoms with Gasteiger partial charge in [0, 0.05) is 63.2 Å². The molecule has 3 aromatic heterocycles. The number of carbonyl (C=O) groups is 3. The highest BCUT2D eigenvalue weighted by Crippen LogP contribution is 2.40. The Bertz CT molecular complexity index is 2380. The minimum absolute atomic E-state index is 0.0778. The third-order valence-corrected chi connectivity index (χ3v) is 11.3. The lowest BCUT2D eigenvalue weighted by Gasteiger charge is -2.32. The van der Waals surface area contributed by atoms with Crippen LogP contribution >= 0.6 is 11.6 Å². The number of piperidine rings is 1. The molecule has 1 aliphatic carbocycles. The second-order valence-electron chi connectivity index (χ2n) is 14.4. The molecule has 16 heteroatoms. The topological polar surface area (TPSA) is 177 Å². The van der Waals surface area contributed by atoms with Gasteiger partial charge in [-0.1, -0.05) is 23.7 Å². The van der Waals surface area contributed by atoms with Gasteiger partial charge in [-0.15, -0.1) is 0 Å². The van der Waals surface area contributed by atoms with Crippen LogP contribution in [0.5, 0.6) is 5.75 Å². The quantitative estimate of drug-likeness (QED) is 0.160. The number of aryl methyl sites for hydroxylation is 2. The number of amides is 3. The smallest absolute Gasteiger partial charge is 0.293 e. The van der Waals surface area contributed by atoms with Crippen LogP contribution in [0.25, 0.3) is 21.8 Å². The molecule has 15 nitrogen and oxygen atoms in total. The van der Waals surface area contributed by atoms with E-state index in [1.807, 2.05) is 42.1 Å². The highest BCUT2D eigenvalue weighted by molar-refractivity contribution is 6.33. The number of aromatic nitrogens is 5. The number of hydrogen-bond acceptors (Lipinski definition) is 11. The summed E-state index contributed by atoms with van der Waals surface area (Å²) in [6.07, 6.45) is 5.45. The Kier molecular flexibility index (Phi) is 9.34. The Balaban J connectivity index is 0.955. The van der Waals surface area contributed by atoms with E-state index >= 15 is 0 Å². The standard InChI is InChI=1S/C38H41ClN10O5/c1-40-32(51)19-54-30-15-21-13-24(9-11-29(21)47(2)37(30)53)43-35-27(39)16-41-38(45-35)49-17-20-7-8-23(14-22(20)18-49)42-28-6-4-5-25-33(46-48(3)34(25)28)26-10-12-31(50)44-36(26)52/h4-6,9,11,13,15-16,20,22-23,26,42H,7-8,10,12,14,17-19H2,1-3H3,(H,40,51)(H,41,43,45)(H,44,50,52). The molecule has 280 valence electrons. The Morgan fingerprint density at radius 1 is 1.06 bits per heavy atom. The minimum Gasteiger partial charge on any atom is -0.478 e. The molecule has 4 unspecified atom stereocenters. The van der Waals surface area contributed by atoms with Crippen molar-refractivity contribution in [2.45, 2.75) is 44.1 Å². The first-order valence-electron chi connectivity index (χ1n) is 18.1. The maximum absolute atomic E-state index is 12.8. The van der Waals surface area contributed by atoms with Gasteiger partial charge < -0.3 is 30.2 Å². The monoisotopic (exact) mass is 752 g/mol. The van der Waals surface area contributed by atoms with Gasteiger partial charge in [0.05, 0.1) is 34.5 Å². The predicted octanol–water partition coefficient (Wildman–Crippen LogP) is 3.97. The summed E-state index contributed by atoms with van der Waals surface area (Å²) in [5.74, 6) is 0.802. The molecular weight excluding hydrogens is 712 g/mol. The number of anilines is 4. The number of benzene rings is 2. The van der Waals surface area contributed by atoms with Crippen LogP contribution in [0.4, 0.5) is 23.1 Å². The fourth-order valence-corrected chi connectivity index (χ4v) is 8.36. The summed E-state index contributed by atoms with van der Waals surface area (Å²) in [5.41, 5.74) is 3.72. The number of halogens is 1. The molecule has 54 heavy (non-hydrogen) atoms. The van der Waals surface area contributed by atoms with E-state index in [0.29, 0.717) is 58.4 Å². The van der Waals surface area contributed by atoms with E-state index < -0.39 is 5.92 Å². The highest BCUT2D eigenvalue weighted by Gasteiger charge is 2.39. The number of nitrogens with zero attached hydrogens (tertiary/aromatic N) is 6. The second kappa shape index (κ2) is 14.3. The van der Waals surface area contributed by atoms with Crippen LogP contribution in [-0.4, -0.2) is 74.8 Å². The zero-order chi connectivity index (χ0) is 37.7. The van der Waals surface area contributed by atoms with Gasteiger partial charge in [0.2, 0.25) is 17.8 Å². The molecule has 8 rings (SSSR count). The Hall–Kier alpha value is -5.70. The molecule has 2 saturated heterocycles. The van der Waals surface area contributed by atoms with Gasteiger partial charge in [-0.2, -0.15) is 10.1 Å². The zero-order valence-electron chi connectivity index (χ0n) is 30.2. The molecular formula is C38H41ClN10O5. The van der Waals surface area contributed by atoms with E-state index in [9.17, 15) is 19.2 Å². The Labute approximate surface area is 315 Å². The molecule has 1 saturated carbocycles. The van der Waals surface area contributed by atoms with Gasteiger partial charge in [-0.3, -0.25) is 29.2 Å². The predicted molar refractivity (Wildman–Crippen MR) is 205 cm³/mol. The number of carbonyl (C=O) groups excluding carboxylic acids is 3. The first kappa shape index (κ1) is 35.3. The summed E-state index contributed by atoms with van der Waals surface area (Å²) >= 11 is 6.60. The molecule has 2 aromatic carbocycles. The van der Waals surface area contributed by atoms with E-state index in [0.717, 1.165) is 54.3 Å². The van der Waals surface area contributed by atoms with Crippen LogP contribution in [0.1, 0.15) is 43.7 Å². The lowest BCUT2D eigenvalue weighted by molar-refractivity contribution is -0.134. The average Bonchev–Trinajstić information content (AvgIpc) is 3.74. The number of para-hydroxylation sites is 1. The summed E-state index contributed by atoms with van der Waals surface area (Å²) in [4.78, 5) is 60.7. The van der Waals surface area contributed by atoms with Crippen molar-refractivity contribution in [3.8, 4) is 5.75 Å². The van der Waals surface area contributed by atoms with Crippen molar-refractivity contribution in [2.75, 3.05) is 42.3 Å². The maximum Gasteiger partial charge on any atom is 0.293 e. The van der Waals surface area contributed by atoms with Crippen LogP contribution in [0.15, 0.2) is 53.5 Å². The molecule has 0 spiro atoms. The van der Waals surface area contributed by atoms with E-state index in [2.05, 4.69) is 37.2 Å². The zero-order valence-corrected chi connectivity index (χ0v) is 30.9. The van der Waals surface area contributed by atoms with Gasteiger partial charge in [0.15, 0.2) is 18.2 Å². The molecule has 4 atom stereocenters. The Morgan fingerprint density at radius 3 is 2.70 bits per heavy atom. The van der Waals surface area contributed by atoms with Gasteiger partial charge >= 0.3 is 0 Å². The summed E-state index contributed by atoms with van der Waals surface area (Å²) in [6.45, 7) is 1.41. The second-order valence-corrected chi connectivity index (χ2v) is 14.8. The van der Waals surface area contributed by atoms with E-state index in [1.54, 1.807) is 19.3 Å². The number of nitrogens with one attached hydrogen (secondary N) is 4. The molecule has 3 fully saturated rings. The molecule has 3 amide bonds. The van der Waals surface area contributed by atoms with Crippen LogP contribution in [0.2, 0.25) is 5.02 Å². The summed E-state index contributed by atoms with van der Waals surface area (Å²) in [7, 11) is 5.06. The first-order chi connectivity index (χ1) is 26.1. The fourth-order valence-electron chi connectivity index (χ4n) is 8.22. The number of rotatable bonds is 9. The summed E-state index contributed by atoms with van der Waals surface area (Å²) in [6, 6.07) is 13.5. The van der Waals surface area contributed by atoms with Crippen LogP contribution < -0.4 is 36.5 Å². The van der Waals surface area contributed by atoms with Crippen LogP contribution in [0.3, 0.4) is 0 Å². The molecule has 5 heterocycles. The van der Waals surface area contributed by atoms with Gasteiger partial charge in [-0.25, -0.2) is 4.98 Å². The number of likely N-dealkylation sites (N-methyl/N-ethyl adjacent to an activating group) is 1. The van der Waals surface area contributed by atoms with Gasteiger partial charge in [0.1, 0.15) is 5.02 Å². The molecule has 3 aliphatic rings. The summed E-state index contributed by atoms with van der Waals surface area (Å²) < 4.78 is 8.84. The lowest BCUT2D eigenvalue weighted by Crippen LogP contribution is -2.39. The van der Waals surface area contributed by atoms with Crippen molar-refractivity contribution in [3.63, 3.8) is 0 Å². The van der Waals surface area contributed by atoms with Crippen molar-refractivity contribution >= 4 is 74.3 Å². The SMILES string of the molecule is CNC(=O)COc1cc2cc(Nc3nc(N4CC5CCC(Nc6cccc7c(C8CCC(=O)NC8=O)nn(C)c67)CC5C4)ncc3Cl)ccc2n(C)c1=O. The minimum atomic E-state index is -0.452. The average molecular weight is 753 g/mol. The molecule has 4 N–H and O–H groups in total. The largest absolute Gasteiger partial charge is 0.478 e. The third-order valence-electron chi connectivity index (χ3n) is 11.0. The van der Waals surface area contributed by atoms with Crippen molar-refractivity contribution in [1.29, 1.82) is 0 Å². The normalized spacial score (nSPS) is 21.2. The maximum atomic E-state index is 12.8. The van der Waals surface area contributed by atoms with Gasteiger partial charge in [-0.05, 0) is 67.9 Å². The lowest BCUT2D eigenvalue weighted by atomic mass is 9.79. The molecule has 5 aromatic rings. The molecule has 0 bridgehead atoms. The molecule has 0 radical (unpaired) electrons. The number of pyridine rings is 1. The van der Waals surface area contributed by atoms with Gasteiger partial charge in [0.25, 0.3) is 11.5 Å². The third kappa shape index (κ3) is 6.68. The Morgan fingerprint density at radius 2 is 1.89 bits per heavy atom. The van der Waals surface area contributed by atoms with Crippen LogP contribution in [-0.2, 0) is 28.5 Å². The number of ether oxygens (including phenoxy) is 1. The first-order valence-corrected chi connectivity index (χ1v) is 18.5. The van der Waals surface area contributed by atoms with Crippen LogP contribution in [0, 0.1) is 11.8 Å². The van der Waals surface area contributed by atoms with E-state index in [1.165, 1.54) is 11.6 Å². The van der Waals surface area contributed by atoms with Crippen molar-refractivity contribution in [3.05, 3.63) is 69.7 Å². The highest BCUT2D eigenvalue weighted by atomic mass is 35.5. The molecule has 2 aliphatic heterocycles. The number of fused-ring (bicyclic) bond motifs is 3. The van der Waals surface area contributed by atoms with Crippen molar-refractivity contribution < 1.29 is 19.1 Å². The van der Waals surface area contributed by atoms with E-state index in [4.69, 9.17) is 26.4 Å².